The molecule has 98 valence electrons. The van der Waals surface area contributed by atoms with Crippen LogP contribution in [-0.4, -0.2) is 6.54 Å². The second-order valence-electron chi connectivity index (χ2n) is 5.25. The molecule has 0 aromatic heterocycles. The first kappa shape index (κ1) is 12.9. The summed E-state index contributed by atoms with van der Waals surface area (Å²) in [5.74, 6) is 0.682. The predicted octanol–water partition coefficient (Wildman–Crippen LogP) is 4.44. The number of hydrogen-bond acceptors (Lipinski definition) is 1. The van der Waals surface area contributed by atoms with Crippen molar-refractivity contribution in [2.24, 2.45) is 0 Å². The Morgan fingerprint density at radius 1 is 1.16 bits per heavy atom. The quantitative estimate of drug-likeness (QED) is 0.879. The summed E-state index contributed by atoms with van der Waals surface area (Å²) in [5, 5.41) is 3.65. The zero-order valence-corrected chi connectivity index (χ0v) is 12.7. The molecule has 1 aliphatic carbocycles. The van der Waals surface area contributed by atoms with Gasteiger partial charge in [0, 0.05) is 23.0 Å². The Morgan fingerprint density at radius 3 is 2.68 bits per heavy atom. The molecule has 0 fully saturated rings. The molecule has 3 rings (SSSR count). The SMILES string of the molecule is C[C@H](NCC1Cc2ccccc21)c1ccccc1Br. The fourth-order valence-corrected chi connectivity index (χ4v) is 3.43. The van der Waals surface area contributed by atoms with Crippen molar-refractivity contribution in [3.8, 4) is 0 Å². The summed E-state index contributed by atoms with van der Waals surface area (Å²) in [5.41, 5.74) is 4.37. The minimum atomic E-state index is 0.378. The van der Waals surface area contributed by atoms with Crippen LogP contribution in [0.5, 0.6) is 0 Å². The highest BCUT2D eigenvalue weighted by atomic mass is 79.9. The highest BCUT2D eigenvalue weighted by Crippen LogP contribution is 2.34. The van der Waals surface area contributed by atoms with Crippen LogP contribution in [0.4, 0.5) is 0 Å². The summed E-state index contributed by atoms with van der Waals surface area (Å²) < 4.78 is 1.18. The third kappa shape index (κ3) is 2.60. The fraction of sp³-hybridized carbons (Fsp3) is 0.294. The van der Waals surface area contributed by atoms with Crippen molar-refractivity contribution >= 4 is 15.9 Å². The van der Waals surface area contributed by atoms with Crippen LogP contribution in [0, 0.1) is 0 Å². The van der Waals surface area contributed by atoms with Crippen molar-refractivity contribution in [3.05, 3.63) is 69.7 Å². The van der Waals surface area contributed by atoms with E-state index in [1.807, 2.05) is 0 Å². The molecule has 2 aromatic carbocycles. The maximum atomic E-state index is 3.65. The van der Waals surface area contributed by atoms with Gasteiger partial charge in [0.25, 0.3) is 0 Å². The zero-order chi connectivity index (χ0) is 13.2. The number of halogens is 1. The van der Waals surface area contributed by atoms with Gasteiger partial charge in [-0.1, -0.05) is 58.4 Å². The molecule has 0 heterocycles. The molecule has 1 unspecified atom stereocenters. The van der Waals surface area contributed by atoms with Gasteiger partial charge >= 0.3 is 0 Å². The van der Waals surface area contributed by atoms with Crippen LogP contribution in [-0.2, 0) is 6.42 Å². The summed E-state index contributed by atoms with van der Waals surface area (Å²) in [6, 6.07) is 17.6. The van der Waals surface area contributed by atoms with Gasteiger partial charge in [0.1, 0.15) is 0 Å². The van der Waals surface area contributed by atoms with E-state index in [0.717, 1.165) is 6.54 Å². The molecule has 0 saturated carbocycles. The highest BCUT2D eigenvalue weighted by molar-refractivity contribution is 9.10. The molecule has 19 heavy (non-hydrogen) atoms. The molecule has 1 nitrogen and oxygen atoms in total. The average molecular weight is 316 g/mol. The van der Waals surface area contributed by atoms with Gasteiger partial charge in [0.2, 0.25) is 0 Å². The Bertz CT molecular complexity index is 579. The summed E-state index contributed by atoms with van der Waals surface area (Å²) in [4.78, 5) is 0. The van der Waals surface area contributed by atoms with Crippen molar-refractivity contribution < 1.29 is 0 Å². The molecular weight excluding hydrogens is 298 g/mol. The molecule has 2 atom stereocenters. The molecule has 0 radical (unpaired) electrons. The second-order valence-corrected chi connectivity index (χ2v) is 6.11. The largest absolute Gasteiger partial charge is 0.310 e. The average Bonchev–Trinajstić information content (AvgIpc) is 2.40. The third-order valence-electron chi connectivity index (χ3n) is 4.00. The minimum absolute atomic E-state index is 0.378. The molecule has 0 spiro atoms. The van der Waals surface area contributed by atoms with Gasteiger partial charge in [-0.15, -0.1) is 0 Å². The Hall–Kier alpha value is -1.12. The lowest BCUT2D eigenvalue weighted by atomic mass is 9.77. The third-order valence-corrected chi connectivity index (χ3v) is 4.73. The van der Waals surface area contributed by atoms with Crippen molar-refractivity contribution in [3.63, 3.8) is 0 Å². The molecule has 0 saturated heterocycles. The van der Waals surface area contributed by atoms with Crippen LogP contribution >= 0.6 is 15.9 Å². The van der Waals surface area contributed by atoms with Crippen LogP contribution in [0.15, 0.2) is 53.0 Å². The van der Waals surface area contributed by atoms with E-state index in [0.29, 0.717) is 12.0 Å². The topological polar surface area (TPSA) is 12.0 Å². The molecule has 1 aliphatic rings. The fourth-order valence-electron chi connectivity index (χ4n) is 2.80. The van der Waals surface area contributed by atoms with Crippen LogP contribution in [0.1, 0.15) is 35.6 Å². The van der Waals surface area contributed by atoms with Gasteiger partial charge in [-0.3, -0.25) is 0 Å². The maximum Gasteiger partial charge on any atom is 0.0303 e. The number of hydrogen-bond donors (Lipinski definition) is 1. The van der Waals surface area contributed by atoms with Crippen molar-refractivity contribution in [2.45, 2.75) is 25.3 Å². The van der Waals surface area contributed by atoms with Gasteiger partial charge < -0.3 is 5.32 Å². The van der Waals surface area contributed by atoms with Crippen LogP contribution in [0.2, 0.25) is 0 Å². The summed E-state index contributed by atoms with van der Waals surface area (Å²) in [7, 11) is 0. The van der Waals surface area contributed by atoms with Crippen LogP contribution in [0.25, 0.3) is 0 Å². The smallest absolute Gasteiger partial charge is 0.0303 e. The number of nitrogens with one attached hydrogen (secondary N) is 1. The van der Waals surface area contributed by atoms with Crippen LogP contribution in [0.3, 0.4) is 0 Å². The first-order chi connectivity index (χ1) is 9.25. The summed E-state index contributed by atoms with van der Waals surface area (Å²) >= 11 is 3.62. The molecule has 0 bridgehead atoms. The normalized spacial score (nSPS) is 18.5. The first-order valence-corrected chi connectivity index (χ1v) is 7.60. The zero-order valence-electron chi connectivity index (χ0n) is 11.1. The van der Waals surface area contributed by atoms with Crippen molar-refractivity contribution in [2.75, 3.05) is 6.54 Å². The summed E-state index contributed by atoms with van der Waals surface area (Å²) in [6.45, 7) is 3.28. The van der Waals surface area contributed by atoms with E-state index in [9.17, 15) is 0 Å². The number of benzene rings is 2. The monoisotopic (exact) mass is 315 g/mol. The molecule has 0 amide bonds. The Labute approximate surface area is 123 Å². The minimum Gasteiger partial charge on any atom is -0.310 e. The Kier molecular flexibility index (Phi) is 3.72. The van der Waals surface area contributed by atoms with E-state index in [4.69, 9.17) is 0 Å². The predicted molar refractivity (Wildman–Crippen MR) is 83.4 cm³/mol. The van der Waals surface area contributed by atoms with E-state index in [-0.39, 0.29) is 0 Å². The number of rotatable bonds is 4. The van der Waals surface area contributed by atoms with E-state index in [2.05, 4.69) is 76.7 Å². The molecular formula is C17H18BrN. The molecule has 0 aliphatic heterocycles. The Morgan fingerprint density at radius 2 is 1.89 bits per heavy atom. The maximum absolute atomic E-state index is 3.65. The van der Waals surface area contributed by atoms with Crippen molar-refractivity contribution in [1.82, 2.24) is 5.32 Å². The van der Waals surface area contributed by atoms with Crippen LogP contribution < -0.4 is 5.32 Å². The van der Waals surface area contributed by atoms with Crippen molar-refractivity contribution in [1.29, 1.82) is 0 Å². The molecule has 2 heteroatoms. The highest BCUT2D eigenvalue weighted by Gasteiger charge is 2.25. The van der Waals surface area contributed by atoms with E-state index in [1.54, 1.807) is 0 Å². The van der Waals surface area contributed by atoms with E-state index in [1.165, 1.54) is 27.6 Å². The van der Waals surface area contributed by atoms with Gasteiger partial charge in [-0.2, -0.15) is 0 Å². The van der Waals surface area contributed by atoms with E-state index < -0.39 is 0 Å². The lowest BCUT2D eigenvalue weighted by Crippen LogP contribution is -2.30. The lowest BCUT2D eigenvalue weighted by Gasteiger charge is -2.31. The second kappa shape index (κ2) is 5.48. The standard InChI is InChI=1S/C17H18BrN/c1-12(15-7-4-5-9-17(15)18)19-11-14-10-13-6-2-3-8-16(13)14/h2-9,12,14,19H,10-11H2,1H3/t12-,14?/m0/s1. The first-order valence-electron chi connectivity index (χ1n) is 6.81. The van der Waals surface area contributed by atoms with E-state index >= 15 is 0 Å². The van der Waals surface area contributed by atoms with Gasteiger partial charge in [0.15, 0.2) is 0 Å². The van der Waals surface area contributed by atoms with Gasteiger partial charge in [0.05, 0.1) is 0 Å². The Balaban J connectivity index is 1.61. The van der Waals surface area contributed by atoms with Gasteiger partial charge in [-0.25, -0.2) is 0 Å². The lowest BCUT2D eigenvalue weighted by molar-refractivity contribution is 0.488. The summed E-state index contributed by atoms with van der Waals surface area (Å²) in [6.07, 6.45) is 1.21. The molecule has 2 aromatic rings. The van der Waals surface area contributed by atoms with Gasteiger partial charge in [-0.05, 0) is 36.1 Å². The molecule has 1 N–H and O–H groups in total. The number of fused-ring (bicyclic) bond motifs is 1.